The van der Waals surface area contributed by atoms with E-state index in [9.17, 15) is 9.90 Å². The van der Waals surface area contributed by atoms with Crippen LogP contribution in [0.4, 0.5) is 0 Å². The van der Waals surface area contributed by atoms with Crippen LogP contribution in [0.25, 0.3) is 0 Å². The molecule has 0 N–H and O–H groups in total. The minimum Gasteiger partial charge on any atom is -0.549 e. The third-order valence-electron chi connectivity index (χ3n) is 3.57. The van der Waals surface area contributed by atoms with Crippen molar-refractivity contribution in [3.63, 3.8) is 0 Å². The fourth-order valence-corrected chi connectivity index (χ4v) is 2.44. The van der Waals surface area contributed by atoms with Crippen molar-refractivity contribution in [3.05, 3.63) is 0 Å². The second kappa shape index (κ2) is 17.8. The molecule has 0 saturated heterocycles. The van der Waals surface area contributed by atoms with Gasteiger partial charge in [0.25, 0.3) is 0 Å². The number of halogens is 1. The largest absolute Gasteiger partial charge is 1.00 e. The first kappa shape index (κ1) is 23.0. The molecule has 0 aliphatic heterocycles. The monoisotopic (exact) mass is 312 g/mol. The summed E-state index contributed by atoms with van der Waals surface area (Å²) in [5, 5.41) is 9.59. The maximum atomic E-state index is 10.4. The summed E-state index contributed by atoms with van der Waals surface area (Å²) in [6, 6.07) is 0. The molecule has 0 aromatic carbocycles. The average Bonchev–Trinajstić information content (AvgIpc) is 2.39. The predicted molar refractivity (Wildman–Crippen MR) is 80.3 cm³/mol. The molecule has 0 aliphatic rings. The summed E-state index contributed by atoms with van der Waals surface area (Å²) < 4.78 is 0. The predicted octanol–water partition coefficient (Wildman–Crippen LogP) is 1.44. The summed E-state index contributed by atoms with van der Waals surface area (Å²) in [5.41, 5.74) is 0. The molecule has 0 heterocycles. The van der Waals surface area contributed by atoms with Gasteiger partial charge in [-0.15, -0.1) is 11.6 Å². The molecule has 0 fully saturated rings. The molecule has 0 aromatic heterocycles. The molecule has 0 aromatic rings. The Morgan fingerprint density at radius 2 is 1.20 bits per heavy atom. The Morgan fingerprint density at radius 3 is 1.55 bits per heavy atom. The zero-order chi connectivity index (χ0) is 14.3. The van der Waals surface area contributed by atoms with Crippen molar-refractivity contribution < 1.29 is 39.5 Å². The number of carboxylic acid groups (broad SMARTS) is 1. The maximum Gasteiger partial charge on any atom is 1.00 e. The topological polar surface area (TPSA) is 40.1 Å². The Hall–Kier alpha value is 0.760. The standard InChI is InChI=1S/C16H31ClO2.Na/c1-2-3-4-5-6-7-8-9-10-11-12-13-14-15(17)16(18)19;/h15H,2-14H2,1H3,(H,18,19);/q;+1/p-1. The van der Waals surface area contributed by atoms with Crippen molar-refractivity contribution >= 4 is 17.6 Å². The molecule has 0 aliphatic carbocycles. The van der Waals surface area contributed by atoms with Crippen LogP contribution in [0.3, 0.4) is 0 Å². The average molecular weight is 313 g/mol. The summed E-state index contributed by atoms with van der Waals surface area (Å²) in [7, 11) is 0. The number of carbonyl (C=O) groups excluding carboxylic acids is 1. The van der Waals surface area contributed by atoms with Crippen LogP contribution < -0.4 is 34.7 Å². The van der Waals surface area contributed by atoms with Gasteiger partial charge in [-0.2, -0.15) is 0 Å². The number of aliphatic carboxylic acids is 1. The molecular weight excluding hydrogens is 283 g/mol. The third kappa shape index (κ3) is 16.8. The van der Waals surface area contributed by atoms with Crippen LogP contribution >= 0.6 is 11.6 Å². The van der Waals surface area contributed by atoms with Crippen LogP contribution in [-0.2, 0) is 4.79 Å². The first-order valence-electron chi connectivity index (χ1n) is 8.03. The van der Waals surface area contributed by atoms with Crippen LogP contribution in [-0.4, -0.2) is 11.3 Å². The quantitative estimate of drug-likeness (QED) is 0.277. The van der Waals surface area contributed by atoms with Crippen molar-refractivity contribution in [3.8, 4) is 0 Å². The molecule has 0 bridgehead atoms. The molecule has 0 saturated carbocycles. The first-order chi connectivity index (χ1) is 9.18. The van der Waals surface area contributed by atoms with Crippen molar-refractivity contribution in [1.82, 2.24) is 0 Å². The van der Waals surface area contributed by atoms with Gasteiger partial charge in [0.15, 0.2) is 0 Å². The second-order valence-corrected chi connectivity index (χ2v) is 5.99. The number of unbranched alkanes of at least 4 members (excludes halogenated alkanes) is 11. The van der Waals surface area contributed by atoms with Crippen molar-refractivity contribution in [2.75, 3.05) is 0 Å². The Bertz CT molecular complexity index is 213. The van der Waals surface area contributed by atoms with Gasteiger partial charge in [0.2, 0.25) is 0 Å². The van der Waals surface area contributed by atoms with Crippen LogP contribution in [0.15, 0.2) is 0 Å². The molecule has 20 heavy (non-hydrogen) atoms. The number of hydrogen-bond donors (Lipinski definition) is 0. The number of carboxylic acids is 1. The molecular formula is C16H30ClNaO2. The SMILES string of the molecule is CCCCCCCCCCCCCCC(Cl)C(=O)[O-].[Na+]. The molecule has 4 heteroatoms. The Labute approximate surface area is 152 Å². The second-order valence-electron chi connectivity index (χ2n) is 5.46. The molecule has 114 valence electrons. The Balaban J connectivity index is 0. The van der Waals surface area contributed by atoms with Gasteiger partial charge in [-0.3, -0.25) is 0 Å². The van der Waals surface area contributed by atoms with Crippen LogP contribution in [0.1, 0.15) is 90.4 Å². The van der Waals surface area contributed by atoms with E-state index in [-0.39, 0.29) is 29.6 Å². The van der Waals surface area contributed by atoms with E-state index in [1.165, 1.54) is 64.2 Å². The van der Waals surface area contributed by atoms with Crippen LogP contribution in [0.5, 0.6) is 0 Å². The summed E-state index contributed by atoms with van der Waals surface area (Å²) in [4.78, 5) is 10.4. The molecule has 0 rings (SSSR count). The van der Waals surface area contributed by atoms with E-state index < -0.39 is 11.3 Å². The first-order valence-corrected chi connectivity index (χ1v) is 8.47. The fraction of sp³-hybridized carbons (Fsp3) is 0.938. The van der Waals surface area contributed by atoms with Crippen LogP contribution in [0, 0.1) is 0 Å². The van der Waals surface area contributed by atoms with Gasteiger partial charge < -0.3 is 9.90 Å². The van der Waals surface area contributed by atoms with Gasteiger partial charge in [0.05, 0.1) is 11.3 Å². The smallest absolute Gasteiger partial charge is 0.549 e. The summed E-state index contributed by atoms with van der Waals surface area (Å²) in [6.45, 7) is 2.25. The van der Waals surface area contributed by atoms with E-state index in [4.69, 9.17) is 11.6 Å². The molecule has 0 radical (unpaired) electrons. The number of carbonyl (C=O) groups is 1. The summed E-state index contributed by atoms with van der Waals surface area (Å²) >= 11 is 5.59. The number of rotatable bonds is 14. The fourth-order valence-electron chi connectivity index (χ4n) is 2.28. The van der Waals surface area contributed by atoms with Gasteiger partial charge in [0.1, 0.15) is 0 Å². The van der Waals surface area contributed by atoms with Gasteiger partial charge in [-0.05, 0) is 6.42 Å². The molecule has 0 amide bonds. The third-order valence-corrected chi connectivity index (χ3v) is 3.96. The molecule has 1 atom stereocenters. The zero-order valence-electron chi connectivity index (χ0n) is 13.5. The minimum atomic E-state index is -1.13. The van der Waals surface area contributed by atoms with Crippen molar-refractivity contribution in [1.29, 1.82) is 0 Å². The van der Waals surface area contributed by atoms with E-state index in [2.05, 4.69) is 6.92 Å². The summed E-state index contributed by atoms with van der Waals surface area (Å²) in [5.74, 6) is -1.13. The molecule has 0 spiro atoms. The molecule has 1 unspecified atom stereocenters. The van der Waals surface area contributed by atoms with Gasteiger partial charge >= 0.3 is 29.6 Å². The van der Waals surface area contributed by atoms with E-state index in [1.54, 1.807) is 0 Å². The number of hydrogen-bond acceptors (Lipinski definition) is 2. The Morgan fingerprint density at radius 1 is 0.850 bits per heavy atom. The Kier molecular flexibility index (Phi) is 20.5. The summed E-state index contributed by atoms with van der Waals surface area (Å²) in [6.07, 6.45) is 15.9. The normalized spacial score (nSPS) is 11.9. The van der Waals surface area contributed by atoms with Gasteiger partial charge in [-0.1, -0.05) is 84.0 Å². The minimum absolute atomic E-state index is 0. The number of alkyl halides is 1. The van der Waals surface area contributed by atoms with E-state index in [0.717, 1.165) is 12.8 Å². The van der Waals surface area contributed by atoms with Crippen molar-refractivity contribution in [2.45, 2.75) is 95.8 Å². The van der Waals surface area contributed by atoms with E-state index in [0.29, 0.717) is 6.42 Å². The van der Waals surface area contributed by atoms with E-state index in [1.807, 2.05) is 0 Å². The molecule has 2 nitrogen and oxygen atoms in total. The van der Waals surface area contributed by atoms with Crippen LogP contribution in [0.2, 0.25) is 0 Å². The zero-order valence-corrected chi connectivity index (χ0v) is 16.2. The van der Waals surface area contributed by atoms with Gasteiger partial charge in [-0.25, -0.2) is 0 Å². The maximum absolute atomic E-state index is 10.4. The van der Waals surface area contributed by atoms with E-state index >= 15 is 0 Å². The van der Waals surface area contributed by atoms with Crippen molar-refractivity contribution in [2.24, 2.45) is 0 Å². The van der Waals surface area contributed by atoms with Gasteiger partial charge in [0, 0.05) is 0 Å².